The van der Waals surface area contributed by atoms with Crippen LogP contribution in [-0.4, -0.2) is 42.1 Å². The summed E-state index contributed by atoms with van der Waals surface area (Å²) < 4.78 is 5.29. The van der Waals surface area contributed by atoms with Gasteiger partial charge in [0.1, 0.15) is 5.01 Å². The first kappa shape index (κ1) is 17.6. The van der Waals surface area contributed by atoms with Crippen molar-refractivity contribution in [2.75, 3.05) is 26.3 Å². The van der Waals surface area contributed by atoms with Crippen LogP contribution in [0.25, 0.3) is 0 Å². The van der Waals surface area contributed by atoms with Crippen LogP contribution < -0.4 is 5.73 Å². The van der Waals surface area contributed by atoms with Crippen molar-refractivity contribution in [3.05, 3.63) is 16.1 Å². The van der Waals surface area contributed by atoms with Gasteiger partial charge in [-0.05, 0) is 0 Å². The first-order valence-corrected chi connectivity index (χ1v) is 7.42. The molecule has 0 spiro atoms. The SMILES string of the molecule is CC(C)(C)c1csc(CN=C(N)N2CCOCC2)n1.I. The van der Waals surface area contributed by atoms with Crippen LogP contribution >= 0.6 is 35.3 Å². The van der Waals surface area contributed by atoms with E-state index in [9.17, 15) is 0 Å². The minimum Gasteiger partial charge on any atom is -0.378 e. The van der Waals surface area contributed by atoms with Gasteiger partial charge in [0, 0.05) is 23.9 Å². The zero-order valence-corrected chi connectivity index (χ0v) is 15.4. The Labute approximate surface area is 141 Å². The van der Waals surface area contributed by atoms with Crippen LogP contribution in [-0.2, 0) is 16.7 Å². The lowest BCUT2D eigenvalue weighted by atomic mass is 9.93. The summed E-state index contributed by atoms with van der Waals surface area (Å²) >= 11 is 1.65. The van der Waals surface area contributed by atoms with Crippen LogP contribution in [0.2, 0.25) is 0 Å². The molecule has 1 fully saturated rings. The Morgan fingerprint density at radius 3 is 2.65 bits per heavy atom. The van der Waals surface area contributed by atoms with E-state index in [1.165, 1.54) is 0 Å². The second-order valence-corrected chi connectivity index (χ2v) is 6.59. The third-order valence-electron chi connectivity index (χ3n) is 3.03. The number of thiazole rings is 1. The molecule has 2 rings (SSSR count). The van der Waals surface area contributed by atoms with E-state index in [0.29, 0.717) is 12.5 Å². The number of halogens is 1. The number of aliphatic imine (C=N–C) groups is 1. The molecule has 0 aromatic carbocycles. The maximum atomic E-state index is 5.99. The fraction of sp³-hybridized carbons (Fsp3) is 0.692. The summed E-state index contributed by atoms with van der Waals surface area (Å²) in [4.78, 5) is 11.1. The molecule has 0 radical (unpaired) electrons. The number of ether oxygens (including phenoxy) is 1. The Hall–Kier alpha value is -0.410. The van der Waals surface area contributed by atoms with Gasteiger partial charge in [0.25, 0.3) is 0 Å². The van der Waals surface area contributed by atoms with Gasteiger partial charge in [-0.25, -0.2) is 9.98 Å². The van der Waals surface area contributed by atoms with Crippen LogP contribution in [0.4, 0.5) is 0 Å². The van der Waals surface area contributed by atoms with E-state index in [1.807, 2.05) is 0 Å². The van der Waals surface area contributed by atoms with Crippen LogP contribution in [0, 0.1) is 0 Å². The van der Waals surface area contributed by atoms with Crippen LogP contribution in [0.3, 0.4) is 0 Å². The summed E-state index contributed by atoms with van der Waals surface area (Å²) in [6, 6.07) is 0. The third-order valence-corrected chi connectivity index (χ3v) is 3.87. The summed E-state index contributed by atoms with van der Waals surface area (Å²) in [6.07, 6.45) is 0. The van der Waals surface area contributed by atoms with Gasteiger partial charge < -0.3 is 15.4 Å². The van der Waals surface area contributed by atoms with Gasteiger partial charge in [-0.2, -0.15) is 0 Å². The summed E-state index contributed by atoms with van der Waals surface area (Å²) in [7, 11) is 0. The maximum Gasteiger partial charge on any atom is 0.191 e. The summed E-state index contributed by atoms with van der Waals surface area (Å²) in [5.41, 5.74) is 7.20. The molecule has 114 valence electrons. The molecule has 1 aromatic heterocycles. The highest BCUT2D eigenvalue weighted by atomic mass is 127. The normalized spacial score (nSPS) is 16.9. The van der Waals surface area contributed by atoms with Crippen LogP contribution in [0.5, 0.6) is 0 Å². The third kappa shape index (κ3) is 4.85. The second kappa shape index (κ2) is 7.56. The average molecular weight is 410 g/mol. The number of guanidine groups is 1. The highest BCUT2D eigenvalue weighted by Crippen LogP contribution is 2.24. The highest BCUT2D eigenvalue weighted by Gasteiger charge is 2.17. The molecule has 0 aliphatic carbocycles. The van der Waals surface area contributed by atoms with Crippen molar-refractivity contribution >= 4 is 41.3 Å². The zero-order valence-electron chi connectivity index (χ0n) is 12.3. The molecule has 1 saturated heterocycles. The smallest absolute Gasteiger partial charge is 0.191 e. The molecule has 1 aliphatic rings. The predicted octanol–water partition coefficient (Wildman–Crippen LogP) is 2.21. The van der Waals surface area contributed by atoms with Crippen molar-refractivity contribution in [2.24, 2.45) is 10.7 Å². The van der Waals surface area contributed by atoms with E-state index in [4.69, 9.17) is 10.5 Å². The van der Waals surface area contributed by atoms with E-state index in [0.717, 1.165) is 37.0 Å². The topological polar surface area (TPSA) is 63.7 Å². The molecule has 0 saturated carbocycles. The van der Waals surface area contributed by atoms with Gasteiger partial charge in [0.15, 0.2) is 5.96 Å². The van der Waals surface area contributed by atoms with Gasteiger partial charge in [0.2, 0.25) is 0 Å². The van der Waals surface area contributed by atoms with E-state index in [-0.39, 0.29) is 29.4 Å². The molecule has 1 aliphatic heterocycles. The standard InChI is InChI=1S/C13H22N4OS.HI/c1-13(2,3)10-9-19-11(16-10)8-15-12(14)17-4-6-18-7-5-17;/h9H,4-8H2,1-3H3,(H2,14,15);1H. The summed E-state index contributed by atoms with van der Waals surface area (Å²) in [5.74, 6) is 0.593. The molecule has 7 heteroatoms. The van der Waals surface area contributed by atoms with Crippen molar-refractivity contribution in [3.63, 3.8) is 0 Å². The average Bonchev–Trinajstić information content (AvgIpc) is 2.86. The van der Waals surface area contributed by atoms with E-state index in [2.05, 4.69) is 41.0 Å². The quantitative estimate of drug-likeness (QED) is 0.461. The molecule has 2 N–H and O–H groups in total. The van der Waals surface area contributed by atoms with Crippen molar-refractivity contribution in [1.82, 2.24) is 9.88 Å². The van der Waals surface area contributed by atoms with Crippen LogP contribution in [0.15, 0.2) is 10.4 Å². The molecule has 0 unspecified atom stereocenters. The van der Waals surface area contributed by atoms with Gasteiger partial charge in [-0.1, -0.05) is 20.8 Å². The minimum absolute atomic E-state index is 0. The van der Waals surface area contributed by atoms with Crippen molar-refractivity contribution < 1.29 is 4.74 Å². The lowest BCUT2D eigenvalue weighted by Gasteiger charge is -2.27. The minimum atomic E-state index is 0. The fourth-order valence-electron chi connectivity index (χ4n) is 1.77. The Morgan fingerprint density at radius 1 is 1.45 bits per heavy atom. The van der Waals surface area contributed by atoms with E-state index in [1.54, 1.807) is 11.3 Å². The van der Waals surface area contributed by atoms with Gasteiger partial charge >= 0.3 is 0 Å². The molecule has 2 heterocycles. The molecule has 0 atom stereocenters. The summed E-state index contributed by atoms with van der Waals surface area (Å²) in [5, 5.41) is 3.12. The Kier molecular flexibility index (Phi) is 6.67. The fourth-order valence-corrected chi connectivity index (χ4v) is 2.71. The van der Waals surface area contributed by atoms with Crippen molar-refractivity contribution in [1.29, 1.82) is 0 Å². The number of aromatic nitrogens is 1. The Morgan fingerprint density at radius 2 is 2.10 bits per heavy atom. The molecular weight excluding hydrogens is 387 g/mol. The zero-order chi connectivity index (χ0) is 13.9. The maximum absolute atomic E-state index is 5.99. The Bertz CT molecular complexity index is 449. The van der Waals surface area contributed by atoms with Gasteiger partial charge in [-0.15, -0.1) is 35.3 Å². The number of morpholine rings is 1. The monoisotopic (exact) mass is 410 g/mol. The first-order chi connectivity index (χ1) is 8.97. The Balaban J connectivity index is 0.00000200. The summed E-state index contributed by atoms with van der Waals surface area (Å²) in [6.45, 7) is 10.1. The van der Waals surface area contributed by atoms with Crippen LogP contribution in [0.1, 0.15) is 31.5 Å². The van der Waals surface area contributed by atoms with Crippen molar-refractivity contribution in [3.8, 4) is 0 Å². The molecule has 1 aromatic rings. The molecule has 0 bridgehead atoms. The van der Waals surface area contributed by atoms with Gasteiger partial charge in [-0.3, -0.25) is 0 Å². The van der Waals surface area contributed by atoms with Crippen molar-refractivity contribution in [2.45, 2.75) is 32.7 Å². The number of nitrogens with zero attached hydrogens (tertiary/aromatic N) is 3. The lowest BCUT2D eigenvalue weighted by molar-refractivity contribution is 0.0674. The second-order valence-electron chi connectivity index (χ2n) is 5.65. The first-order valence-electron chi connectivity index (χ1n) is 6.54. The molecule has 0 amide bonds. The van der Waals surface area contributed by atoms with Gasteiger partial charge in [0.05, 0.1) is 25.5 Å². The largest absolute Gasteiger partial charge is 0.378 e. The van der Waals surface area contributed by atoms with E-state index < -0.39 is 0 Å². The number of nitrogens with two attached hydrogens (primary N) is 1. The molecular formula is C13H23IN4OS. The molecule has 5 nitrogen and oxygen atoms in total. The number of hydrogen-bond acceptors (Lipinski definition) is 4. The lowest BCUT2D eigenvalue weighted by Crippen LogP contribution is -2.44. The molecule has 20 heavy (non-hydrogen) atoms. The predicted molar refractivity (Wildman–Crippen MR) is 93.9 cm³/mol. The highest BCUT2D eigenvalue weighted by molar-refractivity contribution is 14.0. The van der Waals surface area contributed by atoms with E-state index >= 15 is 0 Å². The number of hydrogen-bond donors (Lipinski definition) is 1. The number of rotatable bonds is 2.